The van der Waals surface area contributed by atoms with E-state index in [2.05, 4.69) is 10.3 Å². The van der Waals surface area contributed by atoms with Gasteiger partial charge in [-0.05, 0) is 6.07 Å². The Bertz CT molecular complexity index is 345. The number of hydrogen-bond donors (Lipinski definition) is 1. The molecule has 14 heavy (non-hydrogen) atoms. The van der Waals surface area contributed by atoms with E-state index in [-0.39, 0.29) is 17.0 Å². The number of pyridine rings is 1. The van der Waals surface area contributed by atoms with E-state index in [1.54, 1.807) is 12.1 Å². The van der Waals surface area contributed by atoms with Crippen LogP contribution in [0.1, 0.15) is 0 Å². The highest BCUT2D eigenvalue weighted by Gasteiger charge is 2.12. The number of hydrogen-bond acceptors (Lipinski definition) is 4. The first-order valence-electron chi connectivity index (χ1n) is 4.00. The summed E-state index contributed by atoms with van der Waals surface area (Å²) in [6.07, 6.45) is 1.48. The van der Waals surface area contributed by atoms with Gasteiger partial charge in [0.2, 0.25) is 0 Å². The number of rotatable bonds is 1. The second-order valence-electron chi connectivity index (χ2n) is 2.58. The van der Waals surface area contributed by atoms with Crippen LogP contribution in [0.15, 0.2) is 34.4 Å². The van der Waals surface area contributed by atoms with Crippen molar-refractivity contribution >= 4 is 16.9 Å². The van der Waals surface area contributed by atoms with Crippen molar-refractivity contribution in [2.24, 2.45) is 4.99 Å². The van der Waals surface area contributed by atoms with Gasteiger partial charge in [-0.3, -0.25) is 4.99 Å². The lowest BCUT2D eigenvalue weighted by Gasteiger charge is -2.02. The number of aliphatic imine (C=N–C) groups is 1. The van der Waals surface area contributed by atoms with Crippen LogP contribution in [0, 0.1) is 5.21 Å². The van der Waals surface area contributed by atoms with Crippen molar-refractivity contribution in [3.8, 4) is 0 Å². The highest BCUT2D eigenvalue weighted by atomic mass is 79.9. The van der Waals surface area contributed by atoms with Crippen LogP contribution in [0.25, 0.3) is 0 Å². The van der Waals surface area contributed by atoms with Crippen molar-refractivity contribution in [3.63, 3.8) is 0 Å². The number of nitrogens with one attached hydrogen (secondary N) is 1. The normalized spacial score (nSPS) is 14.1. The van der Waals surface area contributed by atoms with Crippen molar-refractivity contribution in [2.75, 3.05) is 13.1 Å². The van der Waals surface area contributed by atoms with Gasteiger partial charge in [-0.15, -0.1) is 0 Å². The van der Waals surface area contributed by atoms with Gasteiger partial charge in [-0.2, -0.15) is 4.73 Å². The van der Waals surface area contributed by atoms with Gasteiger partial charge < -0.3 is 27.5 Å². The van der Waals surface area contributed by atoms with Crippen LogP contribution in [-0.2, 0) is 0 Å². The third-order valence-electron chi connectivity index (χ3n) is 1.63. The van der Waals surface area contributed by atoms with Crippen LogP contribution in [0.2, 0.25) is 0 Å². The molecule has 2 heterocycles. The Labute approximate surface area is 96.8 Å². The molecule has 1 aliphatic heterocycles. The van der Waals surface area contributed by atoms with Gasteiger partial charge in [-0.25, -0.2) is 0 Å². The van der Waals surface area contributed by atoms with E-state index < -0.39 is 0 Å². The maximum Gasteiger partial charge on any atom is 0.259 e. The first-order chi connectivity index (χ1) is 6.36. The SMILES string of the molecule is [Br-].[O-][n+]1ccccc1SC1=NCCN1. The summed E-state index contributed by atoms with van der Waals surface area (Å²) in [6, 6.07) is 5.33. The number of amidine groups is 1. The Kier molecular flexibility index (Phi) is 4.21. The van der Waals surface area contributed by atoms with Gasteiger partial charge in [0.05, 0.1) is 6.54 Å². The maximum absolute atomic E-state index is 11.2. The third-order valence-corrected chi connectivity index (χ3v) is 2.63. The average Bonchev–Trinajstić information content (AvgIpc) is 2.61. The van der Waals surface area contributed by atoms with Crippen molar-refractivity contribution in [1.29, 1.82) is 0 Å². The minimum atomic E-state index is 0. The molecule has 6 heteroatoms. The highest BCUT2D eigenvalue weighted by Crippen LogP contribution is 2.14. The molecule has 1 aromatic heterocycles. The fourth-order valence-electron chi connectivity index (χ4n) is 1.04. The molecule has 0 spiro atoms. The van der Waals surface area contributed by atoms with Crippen LogP contribution < -0.4 is 27.0 Å². The van der Waals surface area contributed by atoms with Crippen molar-refractivity contribution in [1.82, 2.24) is 5.32 Å². The van der Waals surface area contributed by atoms with E-state index >= 15 is 0 Å². The van der Waals surface area contributed by atoms with Crippen molar-refractivity contribution < 1.29 is 21.7 Å². The topological polar surface area (TPSA) is 51.3 Å². The summed E-state index contributed by atoms with van der Waals surface area (Å²) in [5, 5.41) is 15.8. The highest BCUT2D eigenvalue weighted by molar-refractivity contribution is 8.13. The Morgan fingerprint density at radius 3 is 3.00 bits per heavy atom. The monoisotopic (exact) mass is 274 g/mol. The molecule has 0 radical (unpaired) electrons. The summed E-state index contributed by atoms with van der Waals surface area (Å²) in [6.45, 7) is 1.67. The van der Waals surface area contributed by atoms with E-state index in [0.717, 1.165) is 23.0 Å². The minimum Gasteiger partial charge on any atom is -1.00 e. The molecule has 4 nitrogen and oxygen atoms in total. The average molecular weight is 275 g/mol. The van der Waals surface area contributed by atoms with E-state index in [4.69, 9.17) is 0 Å². The smallest absolute Gasteiger partial charge is 0.259 e. The summed E-state index contributed by atoms with van der Waals surface area (Å²) in [5.41, 5.74) is 0. The van der Waals surface area contributed by atoms with Crippen LogP contribution in [0.5, 0.6) is 0 Å². The maximum atomic E-state index is 11.2. The summed E-state index contributed by atoms with van der Waals surface area (Å²) < 4.78 is 0.840. The van der Waals surface area contributed by atoms with Crippen LogP contribution in [0.3, 0.4) is 0 Å². The zero-order valence-electron chi connectivity index (χ0n) is 7.31. The predicted molar refractivity (Wildman–Crippen MR) is 51.6 cm³/mol. The zero-order valence-corrected chi connectivity index (χ0v) is 9.71. The van der Waals surface area contributed by atoms with Gasteiger partial charge in [0.25, 0.3) is 5.03 Å². The number of thioether (sulfide) groups is 1. The molecule has 0 bridgehead atoms. The molecule has 0 saturated heterocycles. The summed E-state index contributed by atoms with van der Waals surface area (Å²) in [7, 11) is 0. The number of halogens is 1. The van der Waals surface area contributed by atoms with Crippen molar-refractivity contribution in [3.05, 3.63) is 29.6 Å². The molecule has 2 rings (SSSR count). The Morgan fingerprint density at radius 1 is 1.50 bits per heavy atom. The lowest BCUT2D eigenvalue weighted by molar-refractivity contribution is -0.645. The Hall–Kier alpha value is -0.750. The second kappa shape index (κ2) is 5.21. The zero-order chi connectivity index (χ0) is 9.10. The number of nitrogens with zero attached hydrogens (tertiary/aromatic N) is 2. The van der Waals surface area contributed by atoms with E-state index in [9.17, 15) is 5.21 Å². The van der Waals surface area contributed by atoms with Gasteiger partial charge in [0.1, 0.15) is 0 Å². The fourth-order valence-corrected chi connectivity index (χ4v) is 1.86. The molecule has 1 N–H and O–H groups in total. The number of aromatic nitrogens is 1. The summed E-state index contributed by atoms with van der Waals surface area (Å²) in [5.74, 6) is 0. The molecular formula is C8H9BrN3OS-. The molecular weight excluding hydrogens is 266 g/mol. The molecule has 0 aliphatic carbocycles. The third kappa shape index (κ3) is 2.62. The van der Waals surface area contributed by atoms with Crippen molar-refractivity contribution in [2.45, 2.75) is 5.03 Å². The van der Waals surface area contributed by atoms with Gasteiger partial charge in [0.15, 0.2) is 11.4 Å². The van der Waals surface area contributed by atoms with Crippen LogP contribution in [-0.4, -0.2) is 18.3 Å². The quantitative estimate of drug-likeness (QED) is 0.451. The lowest BCUT2D eigenvalue weighted by atomic mass is 10.5. The first kappa shape index (κ1) is 11.3. The van der Waals surface area contributed by atoms with Crippen LogP contribution >= 0.6 is 11.8 Å². The van der Waals surface area contributed by atoms with Gasteiger partial charge in [0, 0.05) is 30.4 Å². The molecule has 0 aromatic carbocycles. The summed E-state index contributed by atoms with van der Waals surface area (Å²) in [4.78, 5) is 4.19. The molecule has 0 fully saturated rings. The largest absolute Gasteiger partial charge is 1.00 e. The predicted octanol–water partition coefficient (Wildman–Crippen LogP) is -2.62. The summed E-state index contributed by atoms with van der Waals surface area (Å²) >= 11 is 1.37. The molecule has 0 unspecified atom stereocenters. The van der Waals surface area contributed by atoms with E-state index in [1.165, 1.54) is 18.0 Å². The Morgan fingerprint density at radius 2 is 2.36 bits per heavy atom. The Balaban J connectivity index is 0.000000980. The molecule has 0 saturated carbocycles. The molecule has 0 atom stereocenters. The molecule has 0 amide bonds. The lowest BCUT2D eigenvalue weighted by Crippen LogP contribution is -3.00. The van der Waals surface area contributed by atoms with Gasteiger partial charge >= 0.3 is 0 Å². The van der Waals surface area contributed by atoms with E-state index in [1.807, 2.05) is 6.07 Å². The minimum absolute atomic E-state index is 0. The van der Waals surface area contributed by atoms with Gasteiger partial charge in [-0.1, -0.05) is 0 Å². The molecule has 1 aliphatic rings. The molecule has 76 valence electrons. The first-order valence-corrected chi connectivity index (χ1v) is 4.82. The fraction of sp³-hybridized carbons (Fsp3) is 0.250. The molecule has 1 aromatic rings. The van der Waals surface area contributed by atoms with Crippen LogP contribution in [0.4, 0.5) is 0 Å². The standard InChI is InChI=1S/C8H9N3OS.BrH/c12-11-6-2-1-3-7(11)13-8-9-4-5-10-8;/h1-3,6H,4-5H2,(H,9,10);1H/p-1. The van der Waals surface area contributed by atoms with E-state index in [0.29, 0.717) is 5.03 Å². The second-order valence-corrected chi connectivity index (χ2v) is 3.59.